The summed E-state index contributed by atoms with van der Waals surface area (Å²) in [7, 11) is 0. The van der Waals surface area contributed by atoms with Crippen LogP contribution in [0.4, 0.5) is 0 Å². The van der Waals surface area contributed by atoms with Crippen LogP contribution in [0.2, 0.25) is 0 Å². The van der Waals surface area contributed by atoms with Gasteiger partial charge in [-0.05, 0) is 19.8 Å². The summed E-state index contributed by atoms with van der Waals surface area (Å²) in [5.41, 5.74) is 0. The predicted octanol–water partition coefficient (Wildman–Crippen LogP) is 2.15. The van der Waals surface area contributed by atoms with Crippen LogP contribution in [-0.2, 0) is 0 Å². The van der Waals surface area contributed by atoms with E-state index in [0.717, 1.165) is 0 Å². The third kappa shape index (κ3) is 7.34. The quantitative estimate of drug-likeness (QED) is 0.424. The summed E-state index contributed by atoms with van der Waals surface area (Å²) in [6.45, 7) is 8.24. The Balaban J connectivity index is 3.52. The van der Waals surface area contributed by atoms with Crippen LogP contribution in [-0.4, -0.2) is 18.6 Å². The molecule has 0 atom stereocenters. The van der Waals surface area contributed by atoms with E-state index in [1.165, 1.54) is 0 Å². The normalized spacial score (nSPS) is 13.0. The lowest BCUT2D eigenvalue weighted by Crippen LogP contribution is -1.90. The molecule has 0 saturated heterocycles. The molecule has 0 bridgehead atoms. The molecule has 0 unspecified atom stereocenters. The Kier molecular flexibility index (Phi) is 4.81. The van der Waals surface area contributed by atoms with E-state index in [1.54, 1.807) is 6.34 Å². The molecule has 0 radical (unpaired) electrons. The fraction of sp³-hybridized carbons (Fsp3) is 0.750. The fourth-order valence-corrected chi connectivity index (χ4v) is 0.382. The van der Waals surface area contributed by atoms with Crippen molar-refractivity contribution in [3.05, 3.63) is 0 Å². The van der Waals surface area contributed by atoms with E-state index >= 15 is 0 Å². The Hall–Kier alpha value is -0.660. The van der Waals surface area contributed by atoms with Crippen molar-refractivity contribution in [1.82, 2.24) is 0 Å². The smallest absolute Gasteiger partial charge is 0.109 e. The van der Waals surface area contributed by atoms with E-state index in [1.807, 2.05) is 20.1 Å². The Morgan fingerprint density at radius 2 is 1.70 bits per heavy atom. The molecular weight excluding hydrogens is 124 g/mol. The minimum absolute atomic E-state index is 0.351. The standard InChI is InChI=1S/C8H16N2/c1-7(2)5-9-6-10-8(3)4/h5-8H,1-4H3/b9-5-,10-6-. The highest BCUT2D eigenvalue weighted by atomic mass is 14.9. The molecule has 0 N–H and O–H groups in total. The first-order chi connectivity index (χ1) is 4.63. The van der Waals surface area contributed by atoms with Crippen molar-refractivity contribution in [3.63, 3.8) is 0 Å². The first kappa shape index (κ1) is 9.34. The van der Waals surface area contributed by atoms with Gasteiger partial charge in [-0.1, -0.05) is 13.8 Å². The highest BCUT2D eigenvalue weighted by molar-refractivity contribution is 5.73. The Morgan fingerprint density at radius 3 is 2.10 bits per heavy atom. The van der Waals surface area contributed by atoms with Gasteiger partial charge in [-0.25, -0.2) is 4.99 Å². The summed E-state index contributed by atoms with van der Waals surface area (Å²) in [5.74, 6) is 0.513. The van der Waals surface area contributed by atoms with E-state index in [0.29, 0.717) is 12.0 Å². The Labute approximate surface area is 63.1 Å². The van der Waals surface area contributed by atoms with E-state index < -0.39 is 0 Å². The van der Waals surface area contributed by atoms with Crippen molar-refractivity contribution in [2.24, 2.45) is 15.9 Å². The van der Waals surface area contributed by atoms with Gasteiger partial charge < -0.3 is 0 Å². The van der Waals surface area contributed by atoms with Gasteiger partial charge >= 0.3 is 0 Å². The zero-order valence-electron chi connectivity index (χ0n) is 7.20. The number of aliphatic imine (C=N–C) groups is 2. The number of hydrogen-bond acceptors (Lipinski definition) is 1. The molecule has 58 valence electrons. The molecule has 0 amide bonds. The number of nitrogens with zero attached hydrogens (tertiary/aromatic N) is 2. The lowest BCUT2D eigenvalue weighted by atomic mass is 10.3. The molecule has 0 aromatic rings. The van der Waals surface area contributed by atoms with Crippen molar-refractivity contribution < 1.29 is 0 Å². The largest absolute Gasteiger partial charge is 0.271 e. The van der Waals surface area contributed by atoms with E-state index in [-0.39, 0.29) is 0 Å². The number of rotatable bonds is 3. The van der Waals surface area contributed by atoms with Crippen LogP contribution in [0.25, 0.3) is 0 Å². The molecule has 0 aliphatic carbocycles. The van der Waals surface area contributed by atoms with Crippen LogP contribution < -0.4 is 0 Å². The predicted molar refractivity (Wildman–Crippen MR) is 47.0 cm³/mol. The number of hydrogen-bond donors (Lipinski definition) is 0. The molecule has 0 aromatic carbocycles. The second-order valence-corrected chi connectivity index (χ2v) is 2.90. The van der Waals surface area contributed by atoms with Crippen LogP contribution in [0.15, 0.2) is 9.98 Å². The van der Waals surface area contributed by atoms with Crippen molar-refractivity contribution in [2.75, 3.05) is 0 Å². The van der Waals surface area contributed by atoms with E-state index in [2.05, 4.69) is 23.8 Å². The van der Waals surface area contributed by atoms with Crippen LogP contribution in [0.3, 0.4) is 0 Å². The van der Waals surface area contributed by atoms with Gasteiger partial charge in [0.25, 0.3) is 0 Å². The molecule has 0 fully saturated rings. The van der Waals surface area contributed by atoms with Gasteiger partial charge in [-0.2, -0.15) is 0 Å². The van der Waals surface area contributed by atoms with Gasteiger partial charge in [0.2, 0.25) is 0 Å². The zero-order chi connectivity index (χ0) is 7.98. The van der Waals surface area contributed by atoms with Gasteiger partial charge in [-0.15, -0.1) is 0 Å². The summed E-state index contributed by atoms with van der Waals surface area (Å²) >= 11 is 0. The van der Waals surface area contributed by atoms with Crippen molar-refractivity contribution in [2.45, 2.75) is 33.7 Å². The average Bonchev–Trinajstić information content (AvgIpc) is 1.79. The van der Waals surface area contributed by atoms with Crippen molar-refractivity contribution >= 4 is 12.6 Å². The summed E-state index contributed by atoms with van der Waals surface area (Å²) < 4.78 is 0. The summed E-state index contributed by atoms with van der Waals surface area (Å²) in [4.78, 5) is 8.07. The zero-order valence-corrected chi connectivity index (χ0v) is 7.20. The van der Waals surface area contributed by atoms with Crippen LogP contribution in [0, 0.1) is 5.92 Å². The molecule has 0 spiro atoms. The molecule has 0 rings (SSSR count). The summed E-state index contributed by atoms with van der Waals surface area (Å²) in [5, 5.41) is 0. The summed E-state index contributed by atoms with van der Waals surface area (Å²) in [6, 6.07) is 0.351. The van der Waals surface area contributed by atoms with E-state index in [4.69, 9.17) is 0 Å². The second-order valence-electron chi connectivity index (χ2n) is 2.90. The highest BCUT2D eigenvalue weighted by Gasteiger charge is 1.82. The fourth-order valence-electron chi connectivity index (χ4n) is 0.382. The maximum absolute atomic E-state index is 4.07. The first-order valence-corrected chi connectivity index (χ1v) is 3.68. The first-order valence-electron chi connectivity index (χ1n) is 3.68. The Morgan fingerprint density at radius 1 is 1.10 bits per heavy atom. The van der Waals surface area contributed by atoms with Gasteiger partial charge in [0, 0.05) is 12.3 Å². The van der Waals surface area contributed by atoms with Gasteiger partial charge in [0.05, 0.1) is 0 Å². The minimum Gasteiger partial charge on any atom is -0.271 e. The van der Waals surface area contributed by atoms with Crippen molar-refractivity contribution in [1.29, 1.82) is 0 Å². The third-order valence-corrected chi connectivity index (χ3v) is 0.816. The average molecular weight is 140 g/mol. The maximum atomic E-state index is 4.07. The molecule has 0 aromatic heterocycles. The van der Waals surface area contributed by atoms with Gasteiger partial charge in [0.1, 0.15) is 6.34 Å². The third-order valence-electron chi connectivity index (χ3n) is 0.816. The summed E-state index contributed by atoms with van der Waals surface area (Å²) in [6.07, 6.45) is 3.50. The molecule has 2 heteroatoms. The minimum atomic E-state index is 0.351. The van der Waals surface area contributed by atoms with Gasteiger partial charge in [0.15, 0.2) is 0 Å². The van der Waals surface area contributed by atoms with Crippen LogP contribution in [0.1, 0.15) is 27.7 Å². The SMILES string of the molecule is CC(C)/C=N\C=N/C(C)C. The van der Waals surface area contributed by atoms with Crippen molar-refractivity contribution in [3.8, 4) is 0 Å². The Bertz CT molecular complexity index is 107. The molecule has 0 saturated carbocycles. The lowest BCUT2D eigenvalue weighted by molar-refractivity contribution is 0.838. The second kappa shape index (κ2) is 5.15. The van der Waals surface area contributed by atoms with Crippen LogP contribution >= 0.6 is 0 Å². The molecule has 10 heavy (non-hydrogen) atoms. The van der Waals surface area contributed by atoms with E-state index in [9.17, 15) is 0 Å². The monoisotopic (exact) mass is 140 g/mol. The molecule has 0 heterocycles. The lowest BCUT2D eigenvalue weighted by Gasteiger charge is -1.91. The topological polar surface area (TPSA) is 24.7 Å². The molecular formula is C8H16N2. The van der Waals surface area contributed by atoms with Gasteiger partial charge in [-0.3, -0.25) is 4.99 Å². The maximum Gasteiger partial charge on any atom is 0.109 e. The van der Waals surface area contributed by atoms with Crippen LogP contribution in [0.5, 0.6) is 0 Å². The molecule has 0 aliphatic rings. The molecule has 2 nitrogen and oxygen atoms in total. The highest BCUT2D eigenvalue weighted by Crippen LogP contribution is 1.85. The molecule has 0 aliphatic heterocycles.